The van der Waals surface area contributed by atoms with Gasteiger partial charge in [0.1, 0.15) is 5.82 Å². The average molecular weight is 463 g/mol. The van der Waals surface area contributed by atoms with Crippen molar-refractivity contribution in [1.82, 2.24) is 19.9 Å². The molecule has 2 fully saturated rings. The average Bonchev–Trinajstić information content (AvgIpc) is 3.63. The molecule has 4 heterocycles. The molecular weight excluding hydrogens is 443 g/mol. The first-order chi connectivity index (χ1) is 15.6. The quantitative estimate of drug-likeness (QED) is 0.572. The lowest BCUT2D eigenvalue weighted by atomic mass is 9.97. The van der Waals surface area contributed by atoms with Crippen molar-refractivity contribution in [2.45, 2.75) is 30.3 Å². The normalized spacial score (nSPS) is 22.1. The molecule has 3 aromatic rings. The van der Waals surface area contributed by atoms with Gasteiger partial charge in [0, 0.05) is 42.4 Å². The fourth-order valence-corrected chi connectivity index (χ4v) is 5.76. The number of rotatable bonds is 5. The molecule has 1 amide bonds. The third-order valence-electron chi connectivity index (χ3n) is 5.83. The maximum Gasteiger partial charge on any atom is 0.255 e. The minimum absolute atomic E-state index is 0.0338. The Bertz CT molecular complexity index is 1180. The number of benzene rings is 1. The van der Waals surface area contributed by atoms with Gasteiger partial charge in [0.25, 0.3) is 5.91 Å². The summed E-state index contributed by atoms with van der Waals surface area (Å²) >= 11 is 5.93. The van der Waals surface area contributed by atoms with Gasteiger partial charge in [0.15, 0.2) is 5.82 Å². The van der Waals surface area contributed by atoms with E-state index in [1.54, 1.807) is 48.9 Å². The highest BCUT2D eigenvalue weighted by molar-refractivity contribution is 7.48. The minimum atomic E-state index is -0.0693. The van der Waals surface area contributed by atoms with Crippen LogP contribution >= 0.6 is 20.2 Å². The van der Waals surface area contributed by atoms with Gasteiger partial charge in [-0.15, -0.1) is 0 Å². The molecule has 1 aromatic carbocycles. The van der Waals surface area contributed by atoms with E-state index in [2.05, 4.69) is 26.3 Å². The molecule has 2 aromatic heterocycles. The smallest absolute Gasteiger partial charge is 0.255 e. The number of nitrogens with zero attached hydrogens (tertiary/aromatic N) is 5. The number of nitrogens with one attached hydrogen (secondary N) is 1. The second-order valence-electron chi connectivity index (χ2n) is 7.85. The standard InChI is InChI=1S/C23H20ClN6OP/c24-15-3-7-20(28-12-15)29-13-16-4-6-19-23(32-19)30(16)22(31)18-10-14(11-25)2-5-17(18)21-26-8-1-9-27-21/h1-3,5,7-10,12,16,19,23,32H,4,6,13H2,(H,28,29)/t16-,19+,23+/m0/s1. The van der Waals surface area contributed by atoms with Gasteiger partial charge in [0.05, 0.1) is 28.0 Å². The summed E-state index contributed by atoms with van der Waals surface area (Å²) in [6.07, 6.45) is 6.96. The summed E-state index contributed by atoms with van der Waals surface area (Å²) in [5.74, 6) is 1.40. The van der Waals surface area contributed by atoms with E-state index in [0.717, 1.165) is 27.2 Å². The van der Waals surface area contributed by atoms with Crippen LogP contribution in [-0.4, -0.2) is 49.8 Å². The summed E-state index contributed by atoms with van der Waals surface area (Å²) in [6, 6.07) is 12.7. The van der Waals surface area contributed by atoms with E-state index in [1.807, 2.05) is 11.0 Å². The molecule has 32 heavy (non-hydrogen) atoms. The summed E-state index contributed by atoms with van der Waals surface area (Å²) in [5, 5.41) is 13.4. The topological polar surface area (TPSA) is 94.8 Å². The molecule has 0 spiro atoms. The summed E-state index contributed by atoms with van der Waals surface area (Å²) in [5.41, 5.74) is 2.15. The number of piperidine rings is 1. The van der Waals surface area contributed by atoms with Gasteiger partial charge in [-0.05, 0) is 49.2 Å². The van der Waals surface area contributed by atoms with Crippen LogP contribution in [0.15, 0.2) is 55.0 Å². The zero-order valence-corrected chi connectivity index (χ0v) is 18.8. The first-order valence-corrected chi connectivity index (χ1v) is 11.9. The largest absolute Gasteiger partial charge is 0.368 e. The zero-order valence-electron chi connectivity index (χ0n) is 17.1. The number of hydrogen-bond acceptors (Lipinski definition) is 6. The number of hydrogen-bond donors (Lipinski definition) is 1. The molecule has 160 valence electrons. The second-order valence-corrected chi connectivity index (χ2v) is 9.95. The van der Waals surface area contributed by atoms with Crippen molar-refractivity contribution in [1.29, 1.82) is 5.26 Å². The number of amides is 1. The van der Waals surface area contributed by atoms with Gasteiger partial charge in [-0.25, -0.2) is 15.0 Å². The lowest BCUT2D eigenvalue weighted by Gasteiger charge is -2.36. The van der Waals surface area contributed by atoms with Crippen molar-refractivity contribution in [2.75, 3.05) is 11.9 Å². The van der Waals surface area contributed by atoms with Crippen molar-refractivity contribution in [3.8, 4) is 17.5 Å². The van der Waals surface area contributed by atoms with E-state index in [4.69, 9.17) is 11.6 Å². The number of carbonyl (C=O) groups excluding carboxylic acids is 1. The Morgan fingerprint density at radius 2 is 2.06 bits per heavy atom. The first-order valence-electron chi connectivity index (χ1n) is 10.4. The predicted octanol–water partition coefficient (Wildman–Crippen LogP) is 4.17. The highest BCUT2D eigenvalue weighted by Gasteiger charge is 2.50. The highest BCUT2D eigenvalue weighted by atomic mass is 35.5. The lowest BCUT2D eigenvalue weighted by Crippen LogP contribution is -2.49. The molecule has 2 saturated heterocycles. The van der Waals surface area contributed by atoms with Crippen molar-refractivity contribution >= 4 is 31.9 Å². The third-order valence-corrected chi connectivity index (χ3v) is 7.72. The number of likely N-dealkylation sites (tertiary alicyclic amines) is 1. The number of fused-ring (bicyclic) bond motifs is 1. The molecule has 0 bridgehead atoms. The molecule has 1 N–H and O–H groups in total. The van der Waals surface area contributed by atoms with Crippen LogP contribution in [0.1, 0.15) is 28.8 Å². The molecule has 7 nitrogen and oxygen atoms in total. The van der Waals surface area contributed by atoms with Crippen molar-refractivity contribution in [2.24, 2.45) is 0 Å². The molecule has 1 unspecified atom stereocenters. The van der Waals surface area contributed by atoms with E-state index in [0.29, 0.717) is 39.7 Å². The molecule has 0 radical (unpaired) electrons. The fraction of sp³-hybridized carbons (Fsp3) is 0.261. The number of nitriles is 1. The van der Waals surface area contributed by atoms with Crippen molar-refractivity contribution in [3.05, 3.63) is 71.1 Å². The van der Waals surface area contributed by atoms with Crippen LogP contribution in [0.5, 0.6) is 0 Å². The van der Waals surface area contributed by atoms with Gasteiger partial charge < -0.3 is 10.2 Å². The summed E-state index contributed by atoms with van der Waals surface area (Å²) in [7, 11) is 0.760. The molecular formula is C23H20ClN6OP. The van der Waals surface area contributed by atoms with Crippen LogP contribution < -0.4 is 5.32 Å². The lowest BCUT2D eigenvalue weighted by molar-refractivity contribution is 0.0636. The Labute approximate surface area is 192 Å². The molecule has 2 aliphatic rings. The van der Waals surface area contributed by atoms with Crippen LogP contribution in [-0.2, 0) is 0 Å². The van der Waals surface area contributed by atoms with Crippen molar-refractivity contribution < 1.29 is 4.79 Å². The summed E-state index contributed by atoms with van der Waals surface area (Å²) < 4.78 is 0. The van der Waals surface area contributed by atoms with E-state index in [-0.39, 0.29) is 17.7 Å². The molecule has 0 saturated carbocycles. The Kier molecular flexibility index (Phi) is 5.73. The van der Waals surface area contributed by atoms with Crippen LogP contribution in [0, 0.1) is 11.3 Å². The third kappa shape index (κ3) is 4.17. The minimum Gasteiger partial charge on any atom is -0.368 e. The monoisotopic (exact) mass is 462 g/mol. The highest BCUT2D eigenvalue weighted by Crippen LogP contribution is 2.57. The SMILES string of the molecule is N#Cc1ccc(-c2ncccn2)c(C(=O)N2[C@H](CNc3ccc(Cl)cn3)CC[C@H]3P[C@H]32)c1. The maximum atomic E-state index is 13.9. The Hall–Kier alpha value is -3.07. The van der Waals surface area contributed by atoms with Crippen LogP contribution in [0.3, 0.4) is 0 Å². The Morgan fingerprint density at radius 1 is 1.22 bits per heavy atom. The maximum absolute atomic E-state index is 13.9. The van der Waals surface area contributed by atoms with Gasteiger partial charge in [-0.1, -0.05) is 20.2 Å². The van der Waals surface area contributed by atoms with E-state index in [1.165, 1.54) is 0 Å². The molecule has 0 aliphatic carbocycles. The Morgan fingerprint density at radius 3 is 2.81 bits per heavy atom. The summed E-state index contributed by atoms with van der Waals surface area (Å²) in [4.78, 5) is 28.8. The number of aromatic nitrogens is 3. The van der Waals surface area contributed by atoms with Crippen LogP contribution in [0.4, 0.5) is 5.82 Å². The number of pyridine rings is 1. The van der Waals surface area contributed by atoms with Gasteiger partial charge in [-0.3, -0.25) is 4.79 Å². The first kappa shape index (κ1) is 20.8. The number of halogens is 1. The molecule has 5 rings (SSSR count). The van der Waals surface area contributed by atoms with Crippen LogP contribution in [0.25, 0.3) is 11.4 Å². The van der Waals surface area contributed by atoms with E-state index in [9.17, 15) is 10.1 Å². The van der Waals surface area contributed by atoms with Gasteiger partial charge in [0.2, 0.25) is 0 Å². The second kappa shape index (κ2) is 8.82. The molecule has 4 atom stereocenters. The number of carbonyl (C=O) groups is 1. The van der Waals surface area contributed by atoms with E-state index < -0.39 is 0 Å². The molecule has 2 aliphatic heterocycles. The summed E-state index contributed by atoms with van der Waals surface area (Å²) in [6.45, 7) is 0.600. The van der Waals surface area contributed by atoms with Gasteiger partial charge >= 0.3 is 0 Å². The molecule has 9 heteroatoms. The van der Waals surface area contributed by atoms with Gasteiger partial charge in [-0.2, -0.15) is 5.26 Å². The zero-order chi connectivity index (χ0) is 22.1. The van der Waals surface area contributed by atoms with E-state index >= 15 is 0 Å². The predicted molar refractivity (Wildman–Crippen MR) is 125 cm³/mol. The van der Waals surface area contributed by atoms with Crippen molar-refractivity contribution in [3.63, 3.8) is 0 Å². The van der Waals surface area contributed by atoms with Crippen LogP contribution in [0.2, 0.25) is 5.02 Å². The number of anilines is 1. The fourth-order valence-electron chi connectivity index (χ4n) is 4.18. The Balaban J connectivity index is 1.45.